The highest BCUT2D eigenvalue weighted by Gasteiger charge is 2.62. The molecule has 0 spiro atoms. The molecule has 0 radical (unpaired) electrons. The first-order valence-corrected chi connectivity index (χ1v) is 24.8. The lowest BCUT2D eigenvalue weighted by atomic mass is 9.74. The zero-order valence-electron chi connectivity index (χ0n) is 41.0. The second kappa shape index (κ2) is 26.4. The molecule has 2 aliphatic heterocycles. The van der Waals surface area contributed by atoms with E-state index in [4.69, 9.17) is 50.8 Å². The van der Waals surface area contributed by atoms with Gasteiger partial charge in [0.1, 0.15) is 76.6 Å². The van der Waals surface area contributed by atoms with Crippen LogP contribution in [0.25, 0.3) is 0 Å². The van der Waals surface area contributed by atoms with Crippen molar-refractivity contribution in [2.75, 3.05) is 25.2 Å². The van der Waals surface area contributed by atoms with Gasteiger partial charge in [0.15, 0.2) is 29.4 Å². The number of aliphatic hydroxyl groups is 4. The van der Waals surface area contributed by atoms with Gasteiger partial charge in [0.25, 0.3) is 0 Å². The van der Waals surface area contributed by atoms with Crippen LogP contribution < -0.4 is 16.0 Å². The van der Waals surface area contributed by atoms with Crippen LogP contribution in [0.5, 0.6) is 0 Å². The van der Waals surface area contributed by atoms with E-state index in [0.717, 1.165) is 32.5 Å². The van der Waals surface area contributed by atoms with Crippen molar-refractivity contribution in [2.45, 2.75) is 158 Å². The van der Waals surface area contributed by atoms with Crippen molar-refractivity contribution < 1.29 is 112 Å². The number of methoxy groups -OCH3 is 1. The molecule has 0 aromatic heterocycles. The maximum absolute atomic E-state index is 14.7. The average molecular weight is 1100 g/mol. The normalized spacial score (nSPS) is 29.4. The Balaban J connectivity index is 2.23. The van der Waals surface area contributed by atoms with Crippen molar-refractivity contribution in [1.82, 2.24) is 16.0 Å². The summed E-state index contributed by atoms with van der Waals surface area (Å²) in [6, 6.07) is -4.65. The van der Waals surface area contributed by atoms with Gasteiger partial charge in [-0.1, -0.05) is 44.8 Å². The van der Waals surface area contributed by atoms with Crippen molar-refractivity contribution in [3.63, 3.8) is 0 Å². The molecule has 2 heterocycles. The largest absolute Gasteiger partial charge is 0.508 e. The predicted molar refractivity (Wildman–Crippen MR) is 255 cm³/mol. The third-order valence-corrected chi connectivity index (χ3v) is 14.5. The van der Waals surface area contributed by atoms with Crippen molar-refractivity contribution in [1.29, 1.82) is 5.41 Å². The molecule has 30 heteroatoms. The number of aliphatic carboxylic acids is 3. The van der Waals surface area contributed by atoms with Gasteiger partial charge in [-0.2, -0.15) is 11.8 Å². The minimum absolute atomic E-state index is 0.269. The average Bonchev–Trinajstić information content (AvgIpc) is 3.28. The Morgan fingerprint density at radius 1 is 0.890 bits per heavy atom. The first-order valence-electron chi connectivity index (χ1n) is 22.3. The number of nitrogens with one attached hydrogen (secondary N) is 4. The summed E-state index contributed by atoms with van der Waals surface area (Å²) in [5.41, 5.74) is -7.85. The maximum Gasteiger partial charge on any atom is 0.341 e. The topological polar surface area (TPSA) is 420 Å². The number of aliphatic hydroxyl groups excluding tert-OH is 2. The first kappa shape index (κ1) is 62.2. The number of carboxylic acid groups (broad SMARTS) is 3. The Morgan fingerprint density at radius 3 is 1.97 bits per heavy atom. The van der Waals surface area contributed by atoms with Crippen molar-refractivity contribution in [3.8, 4) is 0 Å². The van der Waals surface area contributed by atoms with Crippen LogP contribution in [0, 0.1) is 11.3 Å². The fraction of sp³-hybridized carbons (Fsp3) is 0.698. The van der Waals surface area contributed by atoms with Gasteiger partial charge in [-0.25, -0.2) is 19.2 Å². The predicted octanol–water partition coefficient (Wildman–Crippen LogP) is -1.66. The van der Waals surface area contributed by atoms with E-state index in [2.05, 4.69) is 16.0 Å². The molecule has 3 aliphatic rings. The van der Waals surface area contributed by atoms with E-state index in [1.807, 2.05) is 0 Å². The molecule has 73 heavy (non-hydrogen) atoms. The fourth-order valence-corrected chi connectivity index (χ4v) is 10.1. The Labute approximate surface area is 431 Å². The number of thioether (sulfide) groups is 2. The van der Waals surface area contributed by atoms with Crippen molar-refractivity contribution >= 4 is 99.2 Å². The monoisotopic (exact) mass is 1100 g/mol. The van der Waals surface area contributed by atoms with E-state index >= 15 is 0 Å². The number of carboxylic acids is 3. The molecule has 27 nitrogen and oxygen atoms in total. The molecule has 0 saturated carbocycles. The Morgan fingerprint density at radius 2 is 1.47 bits per heavy atom. The van der Waals surface area contributed by atoms with E-state index in [0.29, 0.717) is 11.8 Å². The number of carbonyl (C=O) groups is 9. The molecular formula is C43H62N4O23S3. The molecule has 2 fully saturated rings. The summed E-state index contributed by atoms with van der Waals surface area (Å²) in [4.78, 5) is 112. The summed E-state index contributed by atoms with van der Waals surface area (Å²) in [7, 11) is 1.20. The van der Waals surface area contributed by atoms with E-state index in [9.17, 15) is 78.9 Å². The number of ether oxygens (including phenoxy) is 7. The van der Waals surface area contributed by atoms with Gasteiger partial charge in [-0.15, -0.1) is 0 Å². The Kier molecular flexibility index (Phi) is 22.5. The van der Waals surface area contributed by atoms with E-state index < -0.39 is 186 Å². The van der Waals surface area contributed by atoms with Gasteiger partial charge in [-0.05, 0) is 13.8 Å². The number of esters is 3. The highest BCUT2D eigenvalue weighted by molar-refractivity contribution is 8.23. The van der Waals surface area contributed by atoms with Crippen LogP contribution >= 0.6 is 35.7 Å². The molecule has 0 aromatic carbocycles. The smallest absolute Gasteiger partial charge is 0.341 e. The second-order valence-electron chi connectivity index (χ2n) is 17.5. The third-order valence-electron chi connectivity index (χ3n) is 11.8. The summed E-state index contributed by atoms with van der Waals surface area (Å²) in [5.74, 6) is -13.5. The minimum Gasteiger partial charge on any atom is -0.508 e. The zero-order chi connectivity index (χ0) is 55.6. The summed E-state index contributed by atoms with van der Waals surface area (Å²) >= 11 is 6.90. The molecule has 11 N–H and O–H groups in total. The summed E-state index contributed by atoms with van der Waals surface area (Å²) in [6.45, 7) is 9.44. The summed E-state index contributed by atoms with van der Waals surface area (Å²) in [6.07, 6.45) is -18.1. The number of ketones is 1. The lowest BCUT2D eigenvalue weighted by Gasteiger charge is -2.52. The van der Waals surface area contributed by atoms with E-state index in [1.165, 1.54) is 27.9 Å². The molecule has 15 atom stereocenters. The van der Waals surface area contributed by atoms with Crippen LogP contribution in [-0.4, -0.2) is 214 Å². The van der Waals surface area contributed by atoms with Gasteiger partial charge >= 0.3 is 35.8 Å². The summed E-state index contributed by atoms with van der Waals surface area (Å²) in [5, 5.41) is 91.2. The zero-order valence-corrected chi connectivity index (χ0v) is 43.5. The second-order valence-corrected chi connectivity index (χ2v) is 20.7. The molecule has 410 valence electrons. The molecule has 0 bridgehead atoms. The van der Waals surface area contributed by atoms with Crippen LogP contribution in [0.1, 0.15) is 68.2 Å². The summed E-state index contributed by atoms with van der Waals surface area (Å²) < 4.78 is 40.6. The first-order chi connectivity index (χ1) is 33.8. The number of thiocarbonyl (C=S) groups is 1. The van der Waals surface area contributed by atoms with Gasteiger partial charge in [0.05, 0.1) is 24.5 Å². The lowest BCUT2D eigenvalue weighted by Crippen LogP contribution is -2.70. The van der Waals surface area contributed by atoms with Gasteiger partial charge in [0.2, 0.25) is 11.8 Å². The quantitative estimate of drug-likeness (QED) is 0.0310. The lowest BCUT2D eigenvalue weighted by molar-refractivity contribution is -0.345. The number of amides is 2. The third kappa shape index (κ3) is 15.5. The highest BCUT2D eigenvalue weighted by atomic mass is 32.2. The molecule has 3 rings (SSSR count). The van der Waals surface area contributed by atoms with Crippen LogP contribution in [0.3, 0.4) is 0 Å². The van der Waals surface area contributed by atoms with E-state index in [1.54, 1.807) is 13.8 Å². The molecule has 2 saturated heterocycles. The standard InChI is InChI=1S/C43H62N4O23S3/c1-15(2)39(60)67-18(5)43(63)17(4)66-27(10-26(43)64-9)69-33-31(52)35(42(62)11-24(51)29(44)28(34(42)53)38(58)59)68-25(12-65-21(8)50)32(33)70-40(61)30(16(3)72-13-22(36(54)55)45-19(6)48)47-41(71)73-14-23(37(56)57)46-20(7)49/h15-18,22-23,25-27,30-33,35,44,52-53,62-63H,10-14H2,1-9H3,(H,45,48)(H,46,49)(H,47,71)(H,54,55)(H,56,57)(H,58,59)/t16-,17-,18+,22-,23-,25+,26-,27+,30-,31+,32+,33+,35+,42-,43-/m1/s1. The van der Waals surface area contributed by atoms with Gasteiger partial charge in [0, 0.05) is 51.1 Å². The molecule has 0 unspecified atom stereocenters. The maximum atomic E-state index is 14.7. The number of hydrogen-bond donors (Lipinski definition) is 11. The van der Waals surface area contributed by atoms with Gasteiger partial charge < -0.3 is 84.9 Å². The SMILES string of the molecule is CO[C@@H]1C[C@H](O[C@H]2[C@H](O)[C@@H]([C@@]3(O)CC(=O)C(=N)C(C(=O)O)=C3O)O[C@@H](COC(C)=O)[C@@H]2OC(=O)[C@H](NC(=S)SC[C@@H](NC(C)=O)C(=O)O)[C@@H](C)SC[C@@H](NC(C)=O)C(=O)O)O[C@H](C)[C@@]1(O)[C@H](C)OC(=O)C(C)C. The molecule has 1 aliphatic carbocycles. The number of carbonyl (C=O) groups excluding carboxylic acids is 6. The van der Waals surface area contributed by atoms with E-state index in [-0.39, 0.29) is 15.8 Å². The molecule has 0 aromatic rings. The number of Topliss-reactive ketones (excluding diaryl/α,β-unsaturated/α-hetero) is 1. The Hall–Kier alpha value is -5.05. The van der Waals surface area contributed by atoms with Crippen LogP contribution in [0.4, 0.5) is 0 Å². The Bertz CT molecular complexity index is 2180. The van der Waals surface area contributed by atoms with Crippen LogP contribution in [0.2, 0.25) is 0 Å². The highest BCUT2D eigenvalue weighted by Crippen LogP contribution is 2.42. The number of rotatable bonds is 23. The van der Waals surface area contributed by atoms with Gasteiger partial charge in [-0.3, -0.25) is 29.4 Å². The number of hydrogen-bond acceptors (Lipinski definition) is 24. The van der Waals surface area contributed by atoms with Crippen LogP contribution in [-0.2, 0) is 76.3 Å². The van der Waals surface area contributed by atoms with Crippen LogP contribution in [0.15, 0.2) is 11.3 Å². The van der Waals surface area contributed by atoms with Crippen molar-refractivity contribution in [2.24, 2.45) is 5.92 Å². The molecular weight excluding hydrogens is 1040 g/mol. The fourth-order valence-electron chi connectivity index (χ4n) is 7.94. The van der Waals surface area contributed by atoms with Crippen molar-refractivity contribution in [3.05, 3.63) is 11.3 Å². The molecule has 2 amide bonds. The minimum atomic E-state index is -3.19.